The van der Waals surface area contributed by atoms with Gasteiger partial charge in [-0.2, -0.15) is 5.10 Å². The van der Waals surface area contributed by atoms with Gasteiger partial charge in [0.05, 0.1) is 24.3 Å². The smallest absolute Gasteiger partial charge is 0.227 e. The van der Waals surface area contributed by atoms with Crippen LogP contribution in [0.4, 0.5) is 4.39 Å². The van der Waals surface area contributed by atoms with Gasteiger partial charge in [-0.15, -0.1) is 0 Å². The van der Waals surface area contributed by atoms with Crippen LogP contribution in [0.1, 0.15) is 35.4 Å². The number of nitrogens with one attached hydrogen (secondary N) is 1. The summed E-state index contributed by atoms with van der Waals surface area (Å²) in [6.45, 7) is 4.35. The van der Waals surface area contributed by atoms with Crippen LogP contribution in [0.5, 0.6) is 0 Å². The monoisotopic (exact) mass is 345 g/mol. The maximum absolute atomic E-state index is 14.0. The van der Waals surface area contributed by atoms with Crippen molar-refractivity contribution in [3.05, 3.63) is 52.6 Å². The number of likely N-dealkylation sites (tertiary alicyclic amines) is 1. The van der Waals surface area contributed by atoms with E-state index >= 15 is 0 Å². The Morgan fingerprint density at radius 3 is 2.84 bits per heavy atom. The first-order chi connectivity index (χ1) is 12.0. The number of piperidine rings is 1. The molecular weight excluding hydrogens is 321 g/mol. The summed E-state index contributed by atoms with van der Waals surface area (Å²) in [4.78, 5) is 14.6. The van der Waals surface area contributed by atoms with E-state index in [1.165, 1.54) is 6.07 Å². The van der Waals surface area contributed by atoms with Crippen molar-refractivity contribution in [2.75, 3.05) is 6.54 Å². The maximum Gasteiger partial charge on any atom is 0.227 e. The number of aryl methyl sites for hydroxylation is 2. The largest absolute Gasteiger partial charge is 0.391 e. The van der Waals surface area contributed by atoms with Gasteiger partial charge in [0.15, 0.2) is 0 Å². The number of benzene rings is 1. The third-order valence-corrected chi connectivity index (χ3v) is 5.06. The van der Waals surface area contributed by atoms with Crippen molar-refractivity contribution in [3.63, 3.8) is 0 Å². The molecule has 1 aromatic carbocycles. The number of nitrogens with zero attached hydrogens (tertiary/aromatic N) is 2. The van der Waals surface area contributed by atoms with Gasteiger partial charge >= 0.3 is 0 Å². The predicted molar refractivity (Wildman–Crippen MR) is 92.6 cm³/mol. The molecule has 0 radical (unpaired) electrons. The Kier molecular flexibility index (Phi) is 5.18. The van der Waals surface area contributed by atoms with Crippen molar-refractivity contribution in [2.45, 2.75) is 51.7 Å². The zero-order valence-electron chi connectivity index (χ0n) is 14.6. The number of amides is 1. The lowest BCUT2D eigenvalue weighted by atomic mass is 9.92. The molecule has 0 spiro atoms. The molecule has 3 rings (SSSR count). The van der Waals surface area contributed by atoms with Crippen LogP contribution in [-0.2, 0) is 17.6 Å². The van der Waals surface area contributed by atoms with Gasteiger partial charge in [-0.3, -0.25) is 9.89 Å². The Labute approximate surface area is 146 Å². The van der Waals surface area contributed by atoms with Crippen LogP contribution < -0.4 is 0 Å². The van der Waals surface area contributed by atoms with Crippen molar-refractivity contribution in [1.29, 1.82) is 0 Å². The second-order valence-electron chi connectivity index (χ2n) is 6.75. The minimum Gasteiger partial charge on any atom is -0.391 e. The summed E-state index contributed by atoms with van der Waals surface area (Å²) in [7, 11) is 0. The number of aromatic amines is 1. The van der Waals surface area contributed by atoms with E-state index < -0.39 is 12.1 Å². The number of halogens is 1. The Morgan fingerprint density at radius 2 is 2.16 bits per heavy atom. The summed E-state index contributed by atoms with van der Waals surface area (Å²) >= 11 is 0. The number of hydrogen-bond donors (Lipinski definition) is 2. The molecule has 2 heterocycles. The van der Waals surface area contributed by atoms with Crippen LogP contribution in [0.2, 0.25) is 0 Å². The van der Waals surface area contributed by atoms with Gasteiger partial charge < -0.3 is 10.0 Å². The molecule has 25 heavy (non-hydrogen) atoms. The van der Waals surface area contributed by atoms with Crippen LogP contribution in [-0.4, -0.2) is 44.8 Å². The molecule has 1 aromatic heterocycles. The first-order valence-electron chi connectivity index (χ1n) is 8.68. The SMILES string of the molecule is Cc1n[nH]c(C)c1CC(=O)N1CCC[C@H](O)[C@@H]1Cc1ccccc1F. The lowest BCUT2D eigenvalue weighted by molar-refractivity contribution is -0.138. The molecule has 1 aliphatic heterocycles. The molecule has 0 aliphatic carbocycles. The first kappa shape index (κ1) is 17.6. The van der Waals surface area contributed by atoms with E-state index in [4.69, 9.17) is 0 Å². The highest BCUT2D eigenvalue weighted by Crippen LogP contribution is 2.24. The molecule has 1 aliphatic rings. The Morgan fingerprint density at radius 1 is 1.40 bits per heavy atom. The van der Waals surface area contributed by atoms with Crippen molar-refractivity contribution in [3.8, 4) is 0 Å². The predicted octanol–water partition coefficient (Wildman–Crippen LogP) is 2.30. The molecule has 5 nitrogen and oxygen atoms in total. The maximum atomic E-state index is 14.0. The summed E-state index contributed by atoms with van der Waals surface area (Å²) in [5.74, 6) is -0.345. The normalized spacial score (nSPS) is 20.7. The Balaban J connectivity index is 1.80. The highest BCUT2D eigenvalue weighted by atomic mass is 19.1. The van der Waals surface area contributed by atoms with Crippen LogP contribution in [0.25, 0.3) is 0 Å². The fourth-order valence-electron chi connectivity index (χ4n) is 3.57. The summed E-state index contributed by atoms with van der Waals surface area (Å²) in [5.41, 5.74) is 3.12. The molecule has 2 N–H and O–H groups in total. The van der Waals surface area contributed by atoms with Crippen LogP contribution in [0.15, 0.2) is 24.3 Å². The van der Waals surface area contributed by atoms with E-state index in [2.05, 4.69) is 10.2 Å². The molecule has 6 heteroatoms. The van der Waals surface area contributed by atoms with Gasteiger partial charge in [-0.05, 0) is 44.7 Å². The summed E-state index contributed by atoms with van der Waals surface area (Å²) in [6, 6.07) is 6.14. The van der Waals surface area contributed by atoms with Crippen LogP contribution in [0.3, 0.4) is 0 Å². The minimum atomic E-state index is -0.635. The molecular formula is C19H24FN3O2. The standard InChI is InChI=1S/C19H24FN3O2/c1-12-15(13(2)22-21-12)11-19(25)23-9-5-8-18(24)17(23)10-14-6-3-4-7-16(14)20/h3-4,6-7,17-18,24H,5,8-11H2,1-2H3,(H,21,22)/t17-,18-/m0/s1. The number of aromatic nitrogens is 2. The van der Waals surface area contributed by atoms with Crippen LogP contribution >= 0.6 is 0 Å². The average Bonchev–Trinajstić information content (AvgIpc) is 2.90. The van der Waals surface area contributed by atoms with Gasteiger partial charge in [0.2, 0.25) is 5.91 Å². The van der Waals surface area contributed by atoms with Crippen molar-refractivity contribution in [1.82, 2.24) is 15.1 Å². The lowest BCUT2D eigenvalue weighted by Crippen LogP contribution is -2.52. The summed E-state index contributed by atoms with van der Waals surface area (Å²) in [6.07, 6.45) is 1.32. The molecule has 1 fully saturated rings. The quantitative estimate of drug-likeness (QED) is 0.893. The van der Waals surface area contributed by atoms with Crippen molar-refractivity contribution in [2.24, 2.45) is 0 Å². The number of rotatable bonds is 4. The molecule has 1 amide bonds. The van der Waals surface area contributed by atoms with Gasteiger partial charge in [-0.1, -0.05) is 18.2 Å². The minimum absolute atomic E-state index is 0.0484. The number of H-pyrrole nitrogens is 1. The summed E-state index contributed by atoms with van der Waals surface area (Å²) in [5, 5.41) is 17.5. The Bertz CT molecular complexity index is 739. The molecule has 2 atom stereocenters. The zero-order valence-corrected chi connectivity index (χ0v) is 14.6. The third kappa shape index (κ3) is 3.74. The molecule has 134 valence electrons. The lowest BCUT2D eigenvalue weighted by Gasteiger charge is -2.39. The second kappa shape index (κ2) is 7.35. The number of aliphatic hydroxyl groups excluding tert-OH is 1. The fraction of sp³-hybridized carbons (Fsp3) is 0.474. The number of carbonyl (C=O) groups is 1. The highest BCUT2D eigenvalue weighted by Gasteiger charge is 2.34. The molecule has 1 saturated heterocycles. The van der Waals surface area contributed by atoms with Crippen molar-refractivity contribution >= 4 is 5.91 Å². The van der Waals surface area contributed by atoms with Crippen LogP contribution in [0, 0.1) is 19.7 Å². The second-order valence-corrected chi connectivity index (χ2v) is 6.75. The number of aliphatic hydroxyl groups is 1. The molecule has 0 bridgehead atoms. The van der Waals surface area contributed by atoms with E-state index in [1.54, 1.807) is 23.1 Å². The topological polar surface area (TPSA) is 69.2 Å². The van der Waals surface area contributed by atoms with E-state index in [0.29, 0.717) is 24.9 Å². The van der Waals surface area contributed by atoms with E-state index in [1.807, 2.05) is 13.8 Å². The molecule has 2 aromatic rings. The van der Waals surface area contributed by atoms with Gasteiger partial charge in [0, 0.05) is 17.8 Å². The Hall–Kier alpha value is -2.21. The van der Waals surface area contributed by atoms with Gasteiger partial charge in [0.1, 0.15) is 5.82 Å². The number of carbonyl (C=O) groups excluding carboxylic acids is 1. The molecule has 0 unspecified atom stereocenters. The van der Waals surface area contributed by atoms with E-state index in [-0.39, 0.29) is 18.1 Å². The van der Waals surface area contributed by atoms with E-state index in [9.17, 15) is 14.3 Å². The van der Waals surface area contributed by atoms with Crippen molar-refractivity contribution < 1.29 is 14.3 Å². The zero-order chi connectivity index (χ0) is 18.0. The first-order valence-corrected chi connectivity index (χ1v) is 8.68. The highest BCUT2D eigenvalue weighted by molar-refractivity contribution is 5.79. The third-order valence-electron chi connectivity index (χ3n) is 5.06. The summed E-state index contributed by atoms with van der Waals surface area (Å²) < 4.78 is 14.0. The van der Waals surface area contributed by atoms with Gasteiger partial charge in [-0.25, -0.2) is 4.39 Å². The number of hydrogen-bond acceptors (Lipinski definition) is 3. The average molecular weight is 345 g/mol. The fourth-order valence-corrected chi connectivity index (χ4v) is 3.57. The molecule has 0 saturated carbocycles. The van der Waals surface area contributed by atoms with E-state index in [0.717, 1.165) is 23.4 Å². The van der Waals surface area contributed by atoms with Gasteiger partial charge in [0.25, 0.3) is 0 Å².